The Morgan fingerprint density at radius 1 is 0.484 bits per heavy atom. The highest BCUT2D eigenvalue weighted by atomic mass is 127. The van der Waals surface area contributed by atoms with Crippen LogP contribution in [0.5, 0.6) is 23.5 Å². The fraction of sp³-hybridized carbons (Fsp3) is 0.492. The number of aryl methyl sites for hydroxylation is 3. The van der Waals surface area contributed by atoms with E-state index in [2.05, 4.69) is 85.5 Å². The molecule has 25 nitrogen and oxygen atoms in total. The lowest BCUT2D eigenvalue weighted by Crippen LogP contribution is -2.27. The number of aromatic amines is 1. The van der Waals surface area contributed by atoms with E-state index in [4.69, 9.17) is 48.0 Å². The summed E-state index contributed by atoms with van der Waals surface area (Å²) in [6.45, 7) is 8.71. The van der Waals surface area contributed by atoms with E-state index in [1.54, 1.807) is 24.8 Å². The minimum absolute atomic E-state index is 0.143. The van der Waals surface area contributed by atoms with Crippen molar-refractivity contribution in [2.24, 2.45) is 38.0 Å². The number of halogens is 1. The van der Waals surface area contributed by atoms with Gasteiger partial charge in [-0.2, -0.15) is 30.6 Å². The molecule has 0 spiro atoms. The fourth-order valence-corrected chi connectivity index (χ4v) is 12.9. The summed E-state index contributed by atoms with van der Waals surface area (Å²) >= 11 is 2.22. The number of hydrogen-bond donors (Lipinski definition) is 1. The summed E-state index contributed by atoms with van der Waals surface area (Å²) < 4.78 is 56.8. The molecule has 6 fully saturated rings. The van der Waals surface area contributed by atoms with E-state index in [1.165, 1.54) is 31.2 Å². The van der Waals surface area contributed by atoms with Crippen LogP contribution in [0.1, 0.15) is 93.7 Å². The number of ether oxygens (including phenoxy) is 8. The largest absolute Gasteiger partial charge is 0.474 e. The number of fused-ring (bicyclic) bond motifs is 4. The van der Waals surface area contributed by atoms with Crippen molar-refractivity contribution in [3.63, 3.8) is 0 Å². The van der Waals surface area contributed by atoms with E-state index in [9.17, 15) is 0 Å². The lowest BCUT2D eigenvalue weighted by Gasteiger charge is -2.23. The van der Waals surface area contributed by atoms with Crippen LogP contribution in [0.25, 0.3) is 55.2 Å². The zero-order valence-corrected chi connectivity index (χ0v) is 53.8. The van der Waals surface area contributed by atoms with E-state index >= 15 is 0 Å². The molecule has 0 amide bonds. The van der Waals surface area contributed by atoms with E-state index in [0.29, 0.717) is 30.1 Å². The van der Waals surface area contributed by atoms with Gasteiger partial charge in [-0.1, -0.05) is 0 Å². The summed E-state index contributed by atoms with van der Waals surface area (Å²) in [5, 5.41) is 32.5. The van der Waals surface area contributed by atoms with Crippen molar-refractivity contribution in [1.29, 1.82) is 0 Å². The Balaban J connectivity index is 0.000000107. The highest BCUT2D eigenvalue weighted by molar-refractivity contribution is 14.1. The predicted octanol–water partition coefficient (Wildman–Crippen LogP) is 9.44. The summed E-state index contributed by atoms with van der Waals surface area (Å²) in [5.74, 6) is 4.28. The number of aliphatic imine (C=N–C) groups is 1. The van der Waals surface area contributed by atoms with Crippen molar-refractivity contribution in [3.05, 3.63) is 107 Å². The highest BCUT2D eigenvalue weighted by Crippen LogP contribution is 2.38. The second-order valence-corrected chi connectivity index (χ2v) is 25.2. The molecule has 0 radical (unpaired) electrons. The van der Waals surface area contributed by atoms with Crippen LogP contribution >= 0.6 is 22.6 Å². The van der Waals surface area contributed by atoms with Gasteiger partial charge in [0.15, 0.2) is 0 Å². The molecule has 476 valence electrons. The number of rotatable bonds is 15. The van der Waals surface area contributed by atoms with Gasteiger partial charge in [-0.3, -0.25) is 33.5 Å². The van der Waals surface area contributed by atoms with E-state index < -0.39 is 0 Å². The van der Waals surface area contributed by atoms with Crippen molar-refractivity contribution in [3.8, 4) is 46.0 Å². The number of H-pyrrole nitrogens is 1. The molecule has 5 aliphatic heterocycles. The first-order valence-corrected chi connectivity index (χ1v) is 33.0. The van der Waals surface area contributed by atoms with Crippen LogP contribution in [0, 0.1) is 15.5 Å². The predicted molar refractivity (Wildman–Crippen MR) is 346 cm³/mol. The first-order valence-electron chi connectivity index (χ1n) is 31.9. The van der Waals surface area contributed by atoms with Crippen LogP contribution in [-0.4, -0.2) is 162 Å². The molecule has 0 unspecified atom stereocenters. The molecule has 91 heavy (non-hydrogen) atoms. The Hall–Kier alpha value is -7.92. The third-order valence-corrected chi connectivity index (χ3v) is 18.2. The normalized spacial score (nSPS) is 18.2. The maximum Gasteiger partial charge on any atom is 0.225 e. The van der Waals surface area contributed by atoms with Crippen molar-refractivity contribution in [2.75, 3.05) is 52.9 Å². The SMILES string of the molecule is Cn1nc(-c2cn[nH]c2)c2c(OC3CCOCC3)nccc21.Cn1nc(-c2cnn(CC3CC3)c2)c2c(OC3CCOCC3)nccc21.Cn1nc(I)c2c(OC3CCOCC3)nccc21.c1cc2c(c(OC3CCOCC3)n1)C(c1cnn(CC3CC3)c1)=NC2. The zero-order valence-electron chi connectivity index (χ0n) is 51.6. The Kier molecular flexibility index (Phi) is 18.6. The van der Waals surface area contributed by atoms with Crippen LogP contribution in [0.3, 0.4) is 0 Å². The van der Waals surface area contributed by atoms with Gasteiger partial charge in [-0.05, 0) is 89.9 Å². The molecule has 15 heterocycles. The summed E-state index contributed by atoms with van der Waals surface area (Å²) in [5.41, 5.74) is 11.0. The van der Waals surface area contributed by atoms with E-state index in [-0.39, 0.29) is 24.4 Å². The van der Waals surface area contributed by atoms with Gasteiger partial charge in [-0.25, -0.2) is 19.9 Å². The number of nitrogens with zero attached hydrogens (tertiary/aromatic N) is 16. The molecule has 1 N–H and O–H groups in total. The van der Waals surface area contributed by atoms with Crippen LogP contribution in [0.15, 0.2) is 91.2 Å². The molecule has 0 aromatic carbocycles. The van der Waals surface area contributed by atoms with Crippen molar-refractivity contribution >= 4 is 61.0 Å². The summed E-state index contributed by atoms with van der Waals surface area (Å²) in [4.78, 5) is 22.6. The van der Waals surface area contributed by atoms with Crippen LogP contribution in [0.4, 0.5) is 0 Å². The molecule has 0 atom stereocenters. The molecular weight excluding hydrogens is 1270 g/mol. The third kappa shape index (κ3) is 14.3. The summed E-state index contributed by atoms with van der Waals surface area (Å²) in [7, 11) is 5.81. The fourth-order valence-electron chi connectivity index (χ4n) is 12.1. The number of pyridine rings is 4. The quantitative estimate of drug-likeness (QED) is 0.0937. The molecule has 10 aromatic heterocycles. The Morgan fingerprint density at radius 2 is 0.901 bits per heavy atom. The molecular formula is C65H76IN17O8. The summed E-state index contributed by atoms with van der Waals surface area (Å²) in [6.07, 6.45) is 31.9. The average Bonchev–Trinajstić information content (AvgIpc) is 1.76. The van der Waals surface area contributed by atoms with Gasteiger partial charge in [0.1, 0.15) is 39.5 Å². The molecule has 2 aliphatic carbocycles. The van der Waals surface area contributed by atoms with Crippen molar-refractivity contribution < 1.29 is 37.9 Å². The first-order chi connectivity index (χ1) is 44.7. The molecule has 26 heteroatoms. The lowest BCUT2D eigenvalue weighted by molar-refractivity contribution is 0.0235. The Morgan fingerprint density at radius 3 is 1.38 bits per heavy atom. The van der Waals surface area contributed by atoms with E-state index in [0.717, 1.165) is 205 Å². The van der Waals surface area contributed by atoms with E-state index in [1.807, 2.05) is 93.6 Å². The van der Waals surface area contributed by atoms with Gasteiger partial charge in [0, 0.05) is 146 Å². The highest BCUT2D eigenvalue weighted by Gasteiger charge is 2.30. The molecule has 7 aliphatic rings. The van der Waals surface area contributed by atoms with Crippen LogP contribution in [-0.2, 0) is 59.7 Å². The second-order valence-electron chi connectivity index (χ2n) is 24.2. The van der Waals surface area contributed by atoms with Crippen molar-refractivity contribution in [1.82, 2.24) is 79.0 Å². The number of hydrogen-bond acceptors (Lipinski definition) is 19. The maximum absolute atomic E-state index is 6.25. The van der Waals surface area contributed by atoms with Crippen LogP contribution in [0.2, 0.25) is 0 Å². The zero-order chi connectivity index (χ0) is 61.6. The molecule has 2 saturated carbocycles. The van der Waals surface area contributed by atoms with Gasteiger partial charge >= 0.3 is 0 Å². The van der Waals surface area contributed by atoms with Gasteiger partial charge in [0.25, 0.3) is 0 Å². The topological polar surface area (TPSA) is 256 Å². The monoisotopic (exact) mass is 1350 g/mol. The Bertz CT molecular complexity index is 4110. The number of nitrogens with one attached hydrogen (secondary N) is 1. The molecule has 4 saturated heterocycles. The molecule has 17 rings (SSSR count). The van der Waals surface area contributed by atoms with Gasteiger partial charge in [0.2, 0.25) is 23.5 Å². The molecule has 10 aromatic rings. The van der Waals surface area contributed by atoms with Crippen molar-refractivity contribution in [2.45, 2.75) is 121 Å². The average molecular weight is 1350 g/mol. The first kappa shape index (κ1) is 60.6. The van der Waals surface area contributed by atoms with Crippen LogP contribution < -0.4 is 18.9 Å². The number of aromatic nitrogens is 16. The van der Waals surface area contributed by atoms with Gasteiger partial charge < -0.3 is 37.9 Å². The molecule has 0 bridgehead atoms. The summed E-state index contributed by atoms with van der Waals surface area (Å²) in [6, 6.07) is 7.93. The van der Waals surface area contributed by atoms with Gasteiger partial charge in [-0.15, -0.1) is 0 Å². The van der Waals surface area contributed by atoms with Gasteiger partial charge in [0.05, 0.1) is 122 Å². The standard InChI is InChI=1S/C19H23N5O2.C19H22N4O2.C15H17N5O2.C12H14IN3O2/c1-23-16-4-7-20-19(26-15-5-8-25-9-6-15)17(16)18(22-23)14-10-21-24(12-14)11-13-2-3-13;1-2-13(1)11-23-12-15(10-22-23)18-17-14(9-21-18)3-6-20-19(17)25-16-4-7-24-8-5-16;1-20-12-2-5-16-15(22-11-3-6-21-7-4-11)13(12)14(19-20)10-8-17-18-9-10;1-16-9-2-5-14-12(10(9)11(13)15-16)18-8-3-6-17-7-4-8/h4,7,10,12-13,15H,2-3,5-6,8-9,11H2,1H3;3,6,10,12-13,16H,1-2,4-5,7-9,11H2;2,5,8-9,11H,3-4,6-7H2,1H3,(H,17,18);2,5,8H,3-4,6-7H2,1H3. The third-order valence-electron chi connectivity index (χ3n) is 17.4. The minimum atomic E-state index is 0.143. The smallest absolute Gasteiger partial charge is 0.225 e. The minimum Gasteiger partial charge on any atom is -0.474 e. The Labute approximate surface area is 539 Å². The maximum atomic E-state index is 6.25. The second kappa shape index (κ2) is 27.9. The lowest BCUT2D eigenvalue weighted by atomic mass is 10.0.